The summed E-state index contributed by atoms with van der Waals surface area (Å²) in [6, 6.07) is -0.759. The first-order valence-corrected chi connectivity index (χ1v) is 9.52. The van der Waals surface area contributed by atoms with Gasteiger partial charge in [-0.3, -0.25) is 14.5 Å². The molecule has 0 radical (unpaired) electrons. The van der Waals surface area contributed by atoms with Crippen molar-refractivity contribution in [1.29, 1.82) is 0 Å². The minimum Gasteiger partial charge on any atom is -0.480 e. The van der Waals surface area contributed by atoms with E-state index in [4.69, 9.17) is 10.8 Å². The topological polar surface area (TPSA) is 128 Å². The van der Waals surface area contributed by atoms with Crippen molar-refractivity contribution in [2.45, 2.75) is 25.4 Å². The van der Waals surface area contributed by atoms with E-state index in [2.05, 4.69) is 19.9 Å². The van der Waals surface area contributed by atoms with Gasteiger partial charge in [0, 0.05) is 24.8 Å². The lowest BCUT2D eigenvalue weighted by atomic mass is 10.2. The van der Waals surface area contributed by atoms with Crippen molar-refractivity contribution in [2.24, 2.45) is 11.7 Å². The molecule has 2 unspecified atom stereocenters. The van der Waals surface area contributed by atoms with Gasteiger partial charge in [0.1, 0.15) is 11.6 Å². The maximum atomic E-state index is 11.7. The first kappa shape index (κ1) is 18.0. The molecule has 0 aliphatic carbocycles. The van der Waals surface area contributed by atoms with Crippen LogP contribution in [-0.4, -0.2) is 61.6 Å². The second-order valence-electron chi connectivity index (χ2n) is 6.47. The Morgan fingerprint density at radius 1 is 1.52 bits per heavy atom. The number of hydrogen-bond acceptors (Lipinski definition) is 6. The fraction of sp³-hybridized carbons (Fsp3) is 0.562. The Morgan fingerprint density at radius 3 is 3.16 bits per heavy atom. The molecule has 0 bridgehead atoms. The molecule has 1 aliphatic rings. The lowest BCUT2D eigenvalue weighted by Crippen LogP contribution is -2.30. The molecule has 3 heterocycles. The van der Waals surface area contributed by atoms with E-state index in [1.54, 1.807) is 11.8 Å². The summed E-state index contributed by atoms with van der Waals surface area (Å²) < 4.78 is 0. The molecule has 9 heteroatoms. The Hall–Kier alpha value is -1.84. The van der Waals surface area contributed by atoms with Crippen molar-refractivity contribution in [3.05, 3.63) is 28.4 Å². The lowest BCUT2D eigenvalue weighted by Gasteiger charge is -2.15. The molecule has 1 fully saturated rings. The molecule has 1 saturated heterocycles. The third-order valence-corrected chi connectivity index (χ3v) is 5.79. The summed E-state index contributed by atoms with van der Waals surface area (Å²) in [5.41, 5.74) is 7.67. The van der Waals surface area contributed by atoms with Crippen LogP contribution in [0.25, 0.3) is 11.0 Å². The van der Waals surface area contributed by atoms with Crippen molar-refractivity contribution in [2.75, 3.05) is 24.6 Å². The summed E-state index contributed by atoms with van der Waals surface area (Å²) in [4.78, 5) is 34.6. The molecule has 5 N–H and O–H groups in total. The molecule has 1 aliphatic heterocycles. The fourth-order valence-corrected chi connectivity index (χ4v) is 4.34. The summed E-state index contributed by atoms with van der Waals surface area (Å²) in [6.45, 7) is 2.81. The van der Waals surface area contributed by atoms with E-state index in [9.17, 15) is 9.59 Å². The van der Waals surface area contributed by atoms with Gasteiger partial charge >= 0.3 is 5.97 Å². The van der Waals surface area contributed by atoms with Crippen molar-refractivity contribution in [1.82, 2.24) is 19.9 Å². The molecule has 3 rings (SSSR count). The van der Waals surface area contributed by atoms with E-state index in [0.717, 1.165) is 48.6 Å². The number of aromatic amines is 2. The van der Waals surface area contributed by atoms with Crippen LogP contribution < -0.4 is 11.3 Å². The molecular weight excluding hydrogens is 342 g/mol. The van der Waals surface area contributed by atoms with Crippen molar-refractivity contribution >= 4 is 28.8 Å². The molecule has 8 nitrogen and oxygen atoms in total. The van der Waals surface area contributed by atoms with Gasteiger partial charge in [-0.2, -0.15) is 11.8 Å². The maximum Gasteiger partial charge on any atom is 0.320 e. The predicted octanol–water partition coefficient (Wildman–Crippen LogP) is 0.608. The summed E-state index contributed by atoms with van der Waals surface area (Å²) in [5.74, 6) is 1.47. The summed E-state index contributed by atoms with van der Waals surface area (Å²) in [5, 5.41) is 8.77. The van der Waals surface area contributed by atoms with Gasteiger partial charge in [0.05, 0.1) is 11.8 Å². The number of aromatic nitrogens is 3. The van der Waals surface area contributed by atoms with E-state index in [1.807, 2.05) is 6.20 Å². The number of carboxylic acids is 1. The number of carbonyl (C=O) groups is 1. The number of nitrogens with one attached hydrogen (secondary N) is 2. The molecular formula is C16H23N5O3S. The van der Waals surface area contributed by atoms with Crippen LogP contribution in [0.1, 0.15) is 18.4 Å². The fourth-order valence-electron chi connectivity index (χ4n) is 3.14. The minimum atomic E-state index is -0.932. The predicted molar refractivity (Wildman–Crippen MR) is 97.7 cm³/mol. The average Bonchev–Trinajstić information content (AvgIpc) is 3.20. The Labute approximate surface area is 149 Å². The zero-order valence-corrected chi connectivity index (χ0v) is 14.7. The highest BCUT2D eigenvalue weighted by molar-refractivity contribution is 7.99. The minimum absolute atomic E-state index is 0.147. The Morgan fingerprint density at radius 2 is 2.36 bits per heavy atom. The number of hydrogen-bond donors (Lipinski definition) is 4. The number of likely N-dealkylation sites (tertiary alicyclic amines) is 1. The van der Waals surface area contributed by atoms with Crippen LogP contribution >= 0.6 is 11.8 Å². The van der Waals surface area contributed by atoms with Crippen LogP contribution in [0.4, 0.5) is 0 Å². The normalized spacial score (nSPS) is 19.5. The SMILES string of the molecule is NC(CCSCC1CCN(Cc2c[nH]c3c(=O)[nH]cnc23)C1)C(=O)O. The number of fused-ring (bicyclic) bond motifs is 1. The summed E-state index contributed by atoms with van der Waals surface area (Å²) in [7, 11) is 0. The first-order chi connectivity index (χ1) is 12.0. The Bertz CT molecular complexity index is 789. The average molecular weight is 365 g/mol. The largest absolute Gasteiger partial charge is 0.480 e. The zero-order chi connectivity index (χ0) is 17.8. The van der Waals surface area contributed by atoms with Gasteiger partial charge in [0.25, 0.3) is 5.56 Å². The van der Waals surface area contributed by atoms with E-state index in [-0.39, 0.29) is 5.56 Å². The molecule has 2 aromatic heterocycles. The highest BCUT2D eigenvalue weighted by Gasteiger charge is 2.23. The van der Waals surface area contributed by atoms with Crippen LogP contribution in [-0.2, 0) is 11.3 Å². The van der Waals surface area contributed by atoms with Crippen molar-refractivity contribution < 1.29 is 9.90 Å². The second kappa shape index (κ2) is 8.03. The first-order valence-electron chi connectivity index (χ1n) is 8.36. The van der Waals surface area contributed by atoms with Gasteiger partial charge in [0.15, 0.2) is 0 Å². The van der Waals surface area contributed by atoms with Crippen LogP contribution in [0, 0.1) is 5.92 Å². The van der Waals surface area contributed by atoms with E-state index < -0.39 is 12.0 Å². The number of H-pyrrole nitrogens is 2. The van der Waals surface area contributed by atoms with Crippen molar-refractivity contribution in [3.8, 4) is 0 Å². The number of rotatable bonds is 8. The highest BCUT2D eigenvalue weighted by Crippen LogP contribution is 2.24. The molecule has 25 heavy (non-hydrogen) atoms. The summed E-state index contributed by atoms with van der Waals surface area (Å²) in [6.07, 6.45) is 4.94. The number of nitrogens with two attached hydrogens (primary N) is 1. The summed E-state index contributed by atoms with van der Waals surface area (Å²) >= 11 is 1.78. The van der Waals surface area contributed by atoms with E-state index in [1.165, 1.54) is 6.33 Å². The van der Waals surface area contributed by atoms with E-state index >= 15 is 0 Å². The second-order valence-corrected chi connectivity index (χ2v) is 7.62. The molecule has 0 amide bonds. The standard InChI is InChI=1S/C16H23N5O3S/c17-12(16(23)24)2-4-25-8-10-1-3-21(6-10)7-11-5-18-14-13(11)19-9-20-15(14)22/h5,9-10,12,18H,1-4,6-8,17H2,(H,23,24)(H,19,20,22). The van der Waals surface area contributed by atoms with Gasteiger partial charge in [-0.05, 0) is 36.8 Å². The molecule has 0 aromatic carbocycles. The van der Waals surface area contributed by atoms with Crippen molar-refractivity contribution in [3.63, 3.8) is 0 Å². The van der Waals surface area contributed by atoms with Gasteiger partial charge in [0.2, 0.25) is 0 Å². The Balaban J connectivity index is 1.46. The smallest absolute Gasteiger partial charge is 0.320 e. The number of aliphatic carboxylic acids is 1. The number of thioether (sulfide) groups is 1. The van der Waals surface area contributed by atoms with Gasteiger partial charge in [-0.25, -0.2) is 4.98 Å². The number of carboxylic acid groups (broad SMARTS) is 1. The van der Waals surface area contributed by atoms with Crippen LogP contribution in [0.5, 0.6) is 0 Å². The lowest BCUT2D eigenvalue weighted by molar-refractivity contribution is -0.138. The number of nitrogens with zero attached hydrogens (tertiary/aromatic N) is 2. The molecule has 0 spiro atoms. The van der Waals surface area contributed by atoms with E-state index in [0.29, 0.717) is 17.9 Å². The van der Waals surface area contributed by atoms with Crippen LogP contribution in [0.15, 0.2) is 17.3 Å². The quantitative estimate of drug-likeness (QED) is 0.505. The monoisotopic (exact) mass is 365 g/mol. The van der Waals surface area contributed by atoms with Crippen LogP contribution in [0.3, 0.4) is 0 Å². The molecule has 136 valence electrons. The molecule has 2 aromatic rings. The Kier molecular flexibility index (Phi) is 5.77. The highest BCUT2D eigenvalue weighted by atomic mass is 32.2. The van der Waals surface area contributed by atoms with Gasteiger partial charge < -0.3 is 20.8 Å². The zero-order valence-electron chi connectivity index (χ0n) is 13.9. The third-order valence-electron chi connectivity index (χ3n) is 4.56. The molecule has 0 saturated carbocycles. The van der Waals surface area contributed by atoms with Crippen LogP contribution in [0.2, 0.25) is 0 Å². The van der Waals surface area contributed by atoms with Gasteiger partial charge in [-0.1, -0.05) is 0 Å². The maximum absolute atomic E-state index is 11.7. The third kappa shape index (κ3) is 4.42. The molecule has 2 atom stereocenters. The van der Waals surface area contributed by atoms with Gasteiger partial charge in [-0.15, -0.1) is 0 Å².